The topological polar surface area (TPSA) is 98.3 Å². The number of piperidine rings is 1. The van der Waals surface area contributed by atoms with Gasteiger partial charge in [0.2, 0.25) is 5.95 Å². The molecule has 1 aromatic heterocycles. The third-order valence-corrected chi connectivity index (χ3v) is 6.98. The number of aryl methyl sites for hydroxylation is 1. The Morgan fingerprint density at radius 2 is 1.97 bits per heavy atom. The lowest BCUT2D eigenvalue weighted by atomic mass is 9.74. The third kappa shape index (κ3) is 2.99. The van der Waals surface area contributed by atoms with Crippen LogP contribution in [-0.2, 0) is 18.3 Å². The van der Waals surface area contributed by atoms with Crippen molar-refractivity contribution in [3.05, 3.63) is 49.9 Å². The normalized spacial score (nSPS) is 19.6. The van der Waals surface area contributed by atoms with Crippen LogP contribution in [0.4, 0.5) is 11.6 Å². The van der Waals surface area contributed by atoms with Gasteiger partial charge in [0.15, 0.2) is 0 Å². The van der Waals surface area contributed by atoms with Gasteiger partial charge < -0.3 is 15.3 Å². The zero-order valence-electron chi connectivity index (χ0n) is 16.1. The summed E-state index contributed by atoms with van der Waals surface area (Å²) in [6.07, 6.45) is 5.56. The molecule has 0 saturated carbocycles. The van der Waals surface area contributed by atoms with Crippen molar-refractivity contribution in [2.24, 2.45) is 0 Å². The Morgan fingerprint density at radius 3 is 2.72 bits per heavy atom. The second kappa shape index (κ2) is 6.76. The predicted octanol–water partition coefficient (Wildman–Crippen LogP) is 2.96. The number of hydrogen-bond acceptors (Lipinski definition) is 5. The van der Waals surface area contributed by atoms with E-state index < -0.39 is 5.97 Å². The van der Waals surface area contributed by atoms with Crippen molar-refractivity contribution in [2.45, 2.75) is 43.9 Å². The Bertz CT molecular complexity index is 1060. The van der Waals surface area contributed by atoms with Crippen LogP contribution in [0, 0.1) is 0 Å². The Kier molecular flexibility index (Phi) is 4.31. The fourth-order valence-corrected chi connectivity index (χ4v) is 5.49. The highest BCUT2D eigenvalue weighted by molar-refractivity contribution is 6.32. The largest absolute Gasteiger partial charge is 0.478 e. The second-order valence-corrected chi connectivity index (χ2v) is 8.74. The first-order chi connectivity index (χ1) is 14.0. The van der Waals surface area contributed by atoms with Crippen LogP contribution in [0.1, 0.15) is 52.9 Å². The minimum atomic E-state index is -0.977. The third-order valence-electron chi connectivity index (χ3n) is 6.68. The van der Waals surface area contributed by atoms with E-state index in [-0.39, 0.29) is 16.5 Å². The van der Waals surface area contributed by atoms with Gasteiger partial charge in [-0.05, 0) is 50.7 Å². The van der Waals surface area contributed by atoms with E-state index in [0.29, 0.717) is 11.0 Å². The number of nitrogens with zero attached hydrogens (tertiary/aromatic N) is 2. The summed E-state index contributed by atoms with van der Waals surface area (Å²) in [4.78, 5) is 33.7. The smallest absolute Gasteiger partial charge is 0.335 e. The highest BCUT2D eigenvalue weighted by atomic mass is 35.5. The number of carbonyl (C=O) groups is 1. The SMILES string of the molecule is O=C(O)c1cc(Cl)c2c(c1)NCC21CCN(c2nc3c(c(=O)[nH]2)CCCC3)CC1. The minimum absolute atomic E-state index is 0.00195. The van der Waals surface area contributed by atoms with Gasteiger partial charge in [-0.25, -0.2) is 9.78 Å². The predicted molar refractivity (Wildman–Crippen MR) is 112 cm³/mol. The number of nitrogens with one attached hydrogen (secondary N) is 2. The van der Waals surface area contributed by atoms with Gasteiger partial charge in [0.05, 0.1) is 11.3 Å². The van der Waals surface area contributed by atoms with Crippen molar-refractivity contribution in [3.63, 3.8) is 0 Å². The average molecular weight is 415 g/mol. The van der Waals surface area contributed by atoms with Gasteiger partial charge in [-0.3, -0.25) is 9.78 Å². The summed E-state index contributed by atoms with van der Waals surface area (Å²) in [6, 6.07) is 3.22. The maximum atomic E-state index is 12.5. The number of aromatic amines is 1. The number of carboxylic acid groups (broad SMARTS) is 1. The summed E-state index contributed by atoms with van der Waals surface area (Å²) in [7, 11) is 0. The number of aromatic carboxylic acids is 1. The summed E-state index contributed by atoms with van der Waals surface area (Å²) in [6.45, 7) is 2.27. The van der Waals surface area contributed by atoms with Crippen LogP contribution in [0.15, 0.2) is 16.9 Å². The lowest BCUT2D eigenvalue weighted by Crippen LogP contribution is -2.45. The lowest BCUT2D eigenvalue weighted by molar-refractivity contribution is 0.0697. The summed E-state index contributed by atoms with van der Waals surface area (Å²) in [5, 5.41) is 13.2. The molecule has 0 atom stereocenters. The number of hydrogen-bond donors (Lipinski definition) is 3. The average Bonchev–Trinajstić information content (AvgIpc) is 3.07. The highest BCUT2D eigenvalue weighted by Gasteiger charge is 2.43. The van der Waals surface area contributed by atoms with E-state index >= 15 is 0 Å². The molecule has 29 heavy (non-hydrogen) atoms. The summed E-state index contributed by atoms with van der Waals surface area (Å²) in [5.41, 5.74) is 3.73. The second-order valence-electron chi connectivity index (χ2n) is 8.33. The van der Waals surface area contributed by atoms with E-state index in [1.807, 2.05) is 0 Å². The van der Waals surface area contributed by atoms with E-state index in [2.05, 4.69) is 15.2 Å². The first-order valence-corrected chi connectivity index (χ1v) is 10.5. The van der Waals surface area contributed by atoms with Gasteiger partial charge in [-0.15, -0.1) is 0 Å². The van der Waals surface area contributed by atoms with E-state index in [9.17, 15) is 14.7 Å². The molecule has 0 amide bonds. The Morgan fingerprint density at radius 1 is 1.21 bits per heavy atom. The zero-order chi connectivity index (χ0) is 20.2. The van der Waals surface area contributed by atoms with Gasteiger partial charge in [-0.1, -0.05) is 11.6 Å². The van der Waals surface area contributed by atoms with Gasteiger partial charge >= 0.3 is 5.97 Å². The highest BCUT2D eigenvalue weighted by Crippen LogP contribution is 2.48. The molecule has 1 fully saturated rings. The molecule has 0 radical (unpaired) electrons. The van der Waals surface area contributed by atoms with Crippen molar-refractivity contribution in [2.75, 3.05) is 29.9 Å². The monoisotopic (exact) mass is 414 g/mol. The van der Waals surface area contributed by atoms with Crippen LogP contribution in [0.25, 0.3) is 0 Å². The van der Waals surface area contributed by atoms with Gasteiger partial charge in [0.1, 0.15) is 0 Å². The molecule has 3 aliphatic rings. The van der Waals surface area contributed by atoms with Gasteiger partial charge in [0, 0.05) is 46.9 Å². The fourth-order valence-electron chi connectivity index (χ4n) is 5.07. The number of fused-ring (bicyclic) bond motifs is 3. The van der Waals surface area contributed by atoms with Crippen molar-refractivity contribution >= 4 is 29.2 Å². The van der Waals surface area contributed by atoms with Crippen LogP contribution in [0.2, 0.25) is 5.02 Å². The van der Waals surface area contributed by atoms with Crippen molar-refractivity contribution < 1.29 is 9.90 Å². The van der Waals surface area contributed by atoms with Gasteiger partial charge in [-0.2, -0.15) is 0 Å². The van der Waals surface area contributed by atoms with E-state index in [4.69, 9.17) is 16.6 Å². The van der Waals surface area contributed by atoms with Crippen molar-refractivity contribution in [1.29, 1.82) is 0 Å². The molecule has 7 nitrogen and oxygen atoms in total. The number of H-pyrrole nitrogens is 1. The number of carboxylic acids is 1. The van der Waals surface area contributed by atoms with Crippen LogP contribution >= 0.6 is 11.6 Å². The van der Waals surface area contributed by atoms with Crippen molar-refractivity contribution in [1.82, 2.24) is 9.97 Å². The van der Waals surface area contributed by atoms with Crippen molar-refractivity contribution in [3.8, 4) is 0 Å². The molecule has 3 heterocycles. The molecular weight excluding hydrogens is 392 g/mol. The molecule has 5 rings (SSSR count). The lowest BCUT2D eigenvalue weighted by Gasteiger charge is -2.40. The molecule has 1 saturated heterocycles. The molecule has 2 aliphatic heterocycles. The van der Waals surface area contributed by atoms with Crippen LogP contribution in [0.5, 0.6) is 0 Å². The summed E-state index contributed by atoms with van der Waals surface area (Å²) < 4.78 is 0. The van der Waals surface area contributed by atoms with Crippen LogP contribution in [-0.4, -0.2) is 40.7 Å². The molecule has 1 aliphatic carbocycles. The molecule has 0 bridgehead atoms. The quantitative estimate of drug-likeness (QED) is 0.698. The molecule has 8 heteroatoms. The number of halogens is 1. The number of benzene rings is 1. The number of aromatic nitrogens is 2. The fraction of sp³-hybridized carbons (Fsp3) is 0.476. The molecule has 0 unspecified atom stereocenters. The summed E-state index contributed by atoms with van der Waals surface area (Å²) >= 11 is 6.52. The van der Waals surface area contributed by atoms with E-state index in [0.717, 1.165) is 80.7 Å². The van der Waals surface area contributed by atoms with E-state index in [1.54, 1.807) is 12.1 Å². The maximum Gasteiger partial charge on any atom is 0.335 e. The maximum absolute atomic E-state index is 12.5. The standard InChI is InChI=1S/C21H23ClN4O3/c22-14-9-12(19(28)29)10-16-17(14)21(11-23-16)5-7-26(8-6-21)20-24-15-4-2-1-3-13(15)18(27)25-20/h9-10,23H,1-8,11H2,(H,28,29)(H,24,25,27). The molecule has 3 N–H and O–H groups in total. The number of rotatable bonds is 2. The van der Waals surface area contributed by atoms with E-state index in [1.165, 1.54) is 0 Å². The molecule has 2 aromatic rings. The molecule has 1 spiro atoms. The van der Waals surface area contributed by atoms with Crippen LogP contribution < -0.4 is 15.8 Å². The summed E-state index contributed by atoms with van der Waals surface area (Å²) in [5.74, 6) is -0.307. The zero-order valence-corrected chi connectivity index (χ0v) is 16.8. The first kappa shape index (κ1) is 18.5. The molecule has 152 valence electrons. The Labute approximate surface area is 173 Å². The van der Waals surface area contributed by atoms with Crippen LogP contribution in [0.3, 0.4) is 0 Å². The molecular formula is C21H23ClN4O3. The molecule has 1 aromatic carbocycles. The first-order valence-electron chi connectivity index (χ1n) is 10.2. The van der Waals surface area contributed by atoms with Gasteiger partial charge in [0.25, 0.3) is 5.56 Å². The number of anilines is 2. The minimum Gasteiger partial charge on any atom is -0.478 e. The Hall–Kier alpha value is -2.54. The Balaban J connectivity index is 1.40.